The van der Waals surface area contributed by atoms with Crippen LogP contribution >= 0.6 is 0 Å². The lowest BCUT2D eigenvalue weighted by atomic mass is 10.0. The normalized spacial score (nSPS) is 17.0. The first-order valence-electron chi connectivity index (χ1n) is 9.88. The van der Waals surface area contributed by atoms with Crippen LogP contribution in [0.1, 0.15) is 53.5 Å². The molecule has 0 bridgehead atoms. The summed E-state index contributed by atoms with van der Waals surface area (Å²) in [5.74, 6) is -0.211. The van der Waals surface area contributed by atoms with Gasteiger partial charge in [0.15, 0.2) is 0 Å². The number of pyridine rings is 1. The quantitative estimate of drug-likeness (QED) is 0.764. The molecular weight excluding hydrogens is 356 g/mol. The molecule has 1 aliphatic heterocycles. The van der Waals surface area contributed by atoms with Crippen LogP contribution in [0.4, 0.5) is 0 Å². The SMILES string of the molecule is CCCOC1CCCN(C(=O)c2c(C)ccn(Cc3cnc(C)cn3)c2=O)C1. The highest BCUT2D eigenvalue weighted by Gasteiger charge is 2.27. The zero-order chi connectivity index (χ0) is 20.1. The Kier molecular flexibility index (Phi) is 6.57. The molecule has 0 saturated carbocycles. The number of aryl methyl sites for hydroxylation is 2. The van der Waals surface area contributed by atoms with Crippen molar-refractivity contribution in [1.82, 2.24) is 19.4 Å². The molecule has 0 radical (unpaired) electrons. The van der Waals surface area contributed by atoms with Crippen molar-refractivity contribution >= 4 is 5.91 Å². The lowest BCUT2D eigenvalue weighted by molar-refractivity contribution is 0.00201. The molecule has 1 amide bonds. The van der Waals surface area contributed by atoms with Crippen LogP contribution in [0.3, 0.4) is 0 Å². The Labute approximate surface area is 165 Å². The molecule has 2 aromatic rings. The maximum absolute atomic E-state index is 13.1. The highest BCUT2D eigenvalue weighted by molar-refractivity contribution is 5.95. The maximum Gasteiger partial charge on any atom is 0.264 e. The van der Waals surface area contributed by atoms with Crippen LogP contribution in [-0.2, 0) is 11.3 Å². The minimum Gasteiger partial charge on any atom is -0.376 e. The largest absolute Gasteiger partial charge is 0.376 e. The van der Waals surface area contributed by atoms with Gasteiger partial charge in [0.2, 0.25) is 0 Å². The molecule has 150 valence electrons. The lowest BCUT2D eigenvalue weighted by Crippen LogP contribution is -2.45. The molecule has 1 unspecified atom stereocenters. The van der Waals surface area contributed by atoms with Crippen LogP contribution < -0.4 is 5.56 Å². The average molecular weight is 384 g/mol. The predicted molar refractivity (Wildman–Crippen MR) is 106 cm³/mol. The molecule has 0 N–H and O–H groups in total. The topological polar surface area (TPSA) is 77.3 Å². The van der Waals surface area contributed by atoms with E-state index in [1.54, 1.807) is 30.4 Å². The summed E-state index contributed by atoms with van der Waals surface area (Å²) in [6, 6.07) is 1.81. The molecule has 7 heteroatoms. The Balaban J connectivity index is 1.81. The molecule has 0 spiro atoms. The summed E-state index contributed by atoms with van der Waals surface area (Å²) in [6.45, 7) is 7.91. The summed E-state index contributed by atoms with van der Waals surface area (Å²) < 4.78 is 7.35. The van der Waals surface area contributed by atoms with Crippen LogP contribution in [0.25, 0.3) is 0 Å². The second-order valence-corrected chi connectivity index (χ2v) is 7.34. The third-order valence-electron chi connectivity index (χ3n) is 4.98. The second-order valence-electron chi connectivity index (χ2n) is 7.34. The summed E-state index contributed by atoms with van der Waals surface area (Å²) in [7, 11) is 0. The number of hydrogen-bond donors (Lipinski definition) is 0. The molecule has 1 fully saturated rings. The Morgan fingerprint density at radius 3 is 2.82 bits per heavy atom. The number of likely N-dealkylation sites (tertiary alicyclic amines) is 1. The zero-order valence-electron chi connectivity index (χ0n) is 16.9. The van der Waals surface area contributed by atoms with E-state index < -0.39 is 0 Å². The first kappa shape index (κ1) is 20.2. The van der Waals surface area contributed by atoms with Crippen LogP contribution in [-0.4, -0.2) is 51.1 Å². The van der Waals surface area contributed by atoms with E-state index in [9.17, 15) is 9.59 Å². The molecule has 2 aromatic heterocycles. The number of rotatable bonds is 6. The van der Waals surface area contributed by atoms with E-state index in [0.29, 0.717) is 31.0 Å². The van der Waals surface area contributed by atoms with Gasteiger partial charge in [-0.1, -0.05) is 6.92 Å². The van der Waals surface area contributed by atoms with Gasteiger partial charge in [-0.15, -0.1) is 0 Å². The summed E-state index contributed by atoms with van der Waals surface area (Å²) >= 11 is 0. The van der Waals surface area contributed by atoms with E-state index in [-0.39, 0.29) is 29.7 Å². The monoisotopic (exact) mass is 384 g/mol. The molecule has 0 aliphatic carbocycles. The van der Waals surface area contributed by atoms with Crippen molar-refractivity contribution in [1.29, 1.82) is 0 Å². The highest BCUT2D eigenvalue weighted by Crippen LogP contribution is 2.17. The molecule has 3 heterocycles. The Morgan fingerprint density at radius 1 is 1.29 bits per heavy atom. The number of carbonyl (C=O) groups excluding carboxylic acids is 1. The van der Waals surface area contributed by atoms with E-state index in [2.05, 4.69) is 16.9 Å². The van der Waals surface area contributed by atoms with Crippen molar-refractivity contribution in [3.05, 3.63) is 57.5 Å². The van der Waals surface area contributed by atoms with Crippen molar-refractivity contribution in [2.24, 2.45) is 0 Å². The molecule has 3 rings (SSSR count). The number of carbonyl (C=O) groups is 1. The van der Waals surface area contributed by atoms with E-state index >= 15 is 0 Å². The van der Waals surface area contributed by atoms with Gasteiger partial charge in [0.25, 0.3) is 11.5 Å². The number of amides is 1. The van der Waals surface area contributed by atoms with Crippen molar-refractivity contribution in [3.63, 3.8) is 0 Å². The third kappa shape index (κ3) is 4.65. The van der Waals surface area contributed by atoms with Gasteiger partial charge in [0.1, 0.15) is 5.56 Å². The fourth-order valence-electron chi connectivity index (χ4n) is 3.43. The highest BCUT2D eigenvalue weighted by atomic mass is 16.5. The van der Waals surface area contributed by atoms with Gasteiger partial charge in [-0.05, 0) is 44.7 Å². The molecule has 1 aliphatic rings. The number of nitrogens with zero attached hydrogens (tertiary/aromatic N) is 4. The molecule has 7 nitrogen and oxygen atoms in total. The second kappa shape index (κ2) is 9.10. The summed E-state index contributed by atoms with van der Waals surface area (Å²) in [4.78, 5) is 36.5. The van der Waals surface area contributed by atoms with Gasteiger partial charge in [-0.2, -0.15) is 0 Å². The third-order valence-corrected chi connectivity index (χ3v) is 4.98. The van der Waals surface area contributed by atoms with Crippen molar-refractivity contribution < 1.29 is 9.53 Å². The van der Waals surface area contributed by atoms with Gasteiger partial charge in [0.05, 0.1) is 30.2 Å². The van der Waals surface area contributed by atoms with Gasteiger partial charge in [0, 0.05) is 32.1 Å². The fraction of sp³-hybridized carbons (Fsp3) is 0.524. The fourth-order valence-corrected chi connectivity index (χ4v) is 3.43. The Hall–Kier alpha value is -2.54. The lowest BCUT2D eigenvalue weighted by Gasteiger charge is -2.33. The maximum atomic E-state index is 13.1. The van der Waals surface area contributed by atoms with E-state index in [4.69, 9.17) is 4.74 Å². The number of piperidine rings is 1. The predicted octanol–water partition coefficient (Wildman–Crippen LogP) is 2.33. The minimum absolute atomic E-state index is 0.0479. The van der Waals surface area contributed by atoms with E-state index in [1.165, 1.54) is 4.57 Å². The van der Waals surface area contributed by atoms with Crippen LogP contribution in [0.2, 0.25) is 0 Å². The molecule has 28 heavy (non-hydrogen) atoms. The number of ether oxygens (including phenoxy) is 1. The van der Waals surface area contributed by atoms with Crippen molar-refractivity contribution in [2.75, 3.05) is 19.7 Å². The molecular formula is C21H28N4O3. The van der Waals surface area contributed by atoms with Gasteiger partial charge in [-0.25, -0.2) is 0 Å². The van der Waals surface area contributed by atoms with Crippen LogP contribution in [0, 0.1) is 13.8 Å². The summed E-state index contributed by atoms with van der Waals surface area (Å²) in [5, 5.41) is 0. The zero-order valence-corrected chi connectivity index (χ0v) is 16.9. The summed E-state index contributed by atoms with van der Waals surface area (Å²) in [5.41, 5.74) is 2.14. The van der Waals surface area contributed by atoms with Gasteiger partial charge >= 0.3 is 0 Å². The standard InChI is InChI=1S/C21H28N4O3/c1-4-10-28-18-6-5-8-24(14-18)20(26)19-15(2)7-9-25(21(19)27)13-17-12-22-16(3)11-23-17/h7,9,11-12,18H,4-6,8,10,13-14H2,1-3H3. The number of aromatic nitrogens is 3. The van der Waals surface area contributed by atoms with Crippen molar-refractivity contribution in [2.45, 2.75) is 52.7 Å². The Bertz CT molecular complexity index is 876. The van der Waals surface area contributed by atoms with Crippen LogP contribution in [0.15, 0.2) is 29.5 Å². The smallest absolute Gasteiger partial charge is 0.264 e. The molecule has 1 atom stereocenters. The molecule has 0 aromatic carbocycles. The Morgan fingerprint density at radius 2 is 2.11 bits per heavy atom. The number of hydrogen-bond acceptors (Lipinski definition) is 5. The first-order valence-corrected chi connectivity index (χ1v) is 9.88. The average Bonchev–Trinajstić information content (AvgIpc) is 2.70. The van der Waals surface area contributed by atoms with E-state index in [0.717, 1.165) is 25.0 Å². The van der Waals surface area contributed by atoms with Gasteiger partial charge in [-0.3, -0.25) is 19.6 Å². The first-order chi connectivity index (χ1) is 13.5. The van der Waals surface area contributed by atoms with Gasteiger partial charge < -0.3 is 14.2 Å². The molecule has 1 saturated heterocycles. The van der Waals surface area contributed by atoms with Crippen molar-refractivity contribution in [3.8, 4) is 0 Å². The minimum atomic E-state index is -0.288. The summed E-state index contributed by atoms with van der Waals surface area (Å²) in [6.07, 6.45) is 7.88. The van der Waals surface area contributed by atoms with E-state index in [1.807, 2.05) is 13.0 Å². The van der Waals surface area contributed by atoms with Crippen LogP contribution in [0.5, 0.6) is 0 Å².